The molecule has 4 aromatic rings. The topological polar surface area (TPSA) is 96.0 Å². The average Bonchev–Trinajstić information content (AvgIpc) is 3.06. The van der Waals surface area contributed by atoms with Crippen LogP contribution in [0.3, 0.4) is 0 Å². The molecule has 220 valence electrons. The molecule has 1 heterocycles. The average molecular weight is 579 g/mol. The van der Waals surface area contributed by atoms with E-state index >= 15 is 0 Å². The Morgan fingerprint density at radius 3 is 2.53 bits per heavy atom. The van der Waals surface area contributed by atoms with Crippen LogP contribution in [0.1, 0.15) is 51.3 Å². The summed E-state index contributed by atoms with van der Waals surface area (Å²) in [5, 5.41) is 3.48. The second kappa shape index (κ2) is 13.2. The molecule has 1 amide bonds. The number of aromatic nitrogens is 1. The van der Waals surface area contributed by atoms with Crippen LogP contribution in [0.4, 0.5) is 0 Å². The molecular formula is C35H34N2O6. The summed E-state index contributed by atoms with van der Waals surface area (Å²) < 4.78 is 23.3. The van der Waals surface area contributed by atoms with Crippen LogP contribution in [0.25, 0.3) is 10.9 Å². The largest absolute Gasteiger partial charge is 0.497 e. The number of pyridine rings is 1. The van der Waals surface area contributed by atoms with E-state index in [2.05, 4.69) is 29.4 Å². The fourth-order valence-corrected chi connectivity index (χ4v) is 5.38. The minimum absolute atomic E-state index is 0.0581. The molecule has 1 aromatic heterocycles. The van der Waals surface area contributed by atoms with Crippen LogP contribution >= 0.6 is 0 Å². The molecule has 43 heavy (non-hydrogen) atoms. The first-order valence-electron chi connectivity index (χ1n) is 14.0. The van der Waals surface area contributed by atoms with Crippen molar-refractivity contribution in [3.63, 3.8) is 0 Å². The van der Waals surface area contributed by atoms with Gasteiger partial charge in [0, 0.05) is 29.8 Å². The quantitative estimate of drug-likeness (QED) is 0.199. The van der Waals surface area contributed by atoms with Crippen LogP contribution in [-0.4, -0.2) is 38.5 Å². The Bertz CT molecular complexity index is 1700. The van der Waals surface area contributed by atoms with Gasteiger partial charge in [-0.3, -0.25) is 14.6 Å². The third-order valence-corrected chi connectivity index (χ3v) is 7.62. The second-order valence-electron chi connectivity index (χ2n) is 10.2. The Morgan fingerprint density at radius 2 is 1.84 bits per heavy atom. The van der Waals surface area contributed by atoms with Crippen molar-refractivity contribution in [1.82, 2.24) is 10.3 Å². The summed E-state index contributed by atoms with van der Waals surface area (Å²) in [6.45, 7) is 2.28. The van der Waals surface area contributed by atoms with Gasteiger partial charge in [-0.2, -0.15) is 0 Å². The van der Waals surface area contributed by atoms with E-state index in [9.17, 15) is 9.59 Å². The van der Waals surface area contributed by atoms with Gasteiger partial charge in [0.2, 0.25) is 0 Å². The first kappa shape index (κ1) is 29.4. The molecule has 1 aliphatic rings. The van der Waals surface area contributed by atoms with Gasteiger partial charge < -0.3 is 24.3 Å². The number of nitrogens with one attached hydrogen (secondary N) is 1. The van der Waals surface area contributed by atoms with Gasteiger partial charge in [0.15, 0.2) is 12.0 Å². The van der Waals surface area contributed by atoms with E-state index < -0.39 is 12.0 Å². The van der Waals surface area contributed by atoms with Crippen LogP contribution in [0.5, 0.6) is 23.0 Å². The SMILES string of the molecule is COc1ccc(CNC(=O)c2c(C=O)c(OC(C3=CC=CCC3C)c3ccccc3)c3ncccc3c2OC)c(OC)c1. The molecule has 0 fully saturated rings. The van der Waals surface area contributed by atoms with Crippen LogP contribution in [-0.2, 0) is 6.54 Å². The van der Waals surface area contributed by atoms with Crippen molar-refractivity contribution < 1.29 is 28.5 Å². The molecule has 0 saturated carbocycles. The monoisotopic (exact) mass is 578 g/mol. The minimum atomic E-state index is -0.516. The number of rotatable bonds is 11. The summed E-state index contributed by atoms with van der Waals surface area (Å²) in [6, 6.07) is 18.7. The number of benzene rings is 3. The molecular weight excluding hydrogens is 544 g/mol. The van der Waals surface area contributed by atoms with Crippen molar-refractivity contribution in [2.45, 2.75) is 26.0 Å². The Morgan fingerprint density at radius 1 is 1.02 bits per heavy atom. The van der Waals surface area contributed by atoms with Crippen LogP contribution < -0.4 is 24.3 Å². The zero-order valence-electron chi connectivity index (χ0n) is 24.6. The Balaban J connectivity index is 1.62. The molecule has 0 aliphatic heterocycles. The van der Waals surface area contributed by atoms with Gasteiger partial charge in [0.1, 0.15) is 28.9 Å². The molecule has 8 nitrogen and oxygen atoms in total. The molecule has 1 aliphatic carbocycles. The number of fused-ring (bicyclic) bond motifs is 1. The number of nitrogens with zero attached hydrogens (tertiary/aromatic N) is 1. The van der Waals surface area contributed by atoms with Crippen molar-refractivity contribution >= 4 is 23.1 Å². The highest BCUT2D eigenvalue weighted by atomic mass is 16.5. The smallest absolute Gasteiger partial charge is 0.256 e. The third kappa shape index (κ3) is 5.95. The van der Waals surface area contributed by atoms with Crippen LogP contribution in [0.15, 0.2) is 90.7 Å². The van der Waals surface area contributed by atoms with Crippen LogP contribution in [0.2, 0.25) is 0 Å². The number of allylic oxidation sites excluding steroid dienone is 3. The molecule has 0 bridgehead atoms. The lowest BCUT2D eigenvalue weighted by molar-refractivity contribution is 0.0940. The molecule has 5 rings (SSSR count). The molecule has 8 heteroatoms. The van der Waals surface area contributed by atoms with E-state index in [1.807, 2.05) is 42.5 Å². The normalized spacial score (nSPS) is 14.9. The molecule has 2 unspecified atom stereocenters. The van der Waals surface area contributed by atoms with Gasteiger partial charge in [-0.05, 0) is 47.7 Å². The fraction of sp³-hybridized carbons (Fsp3) is 0.229. The summed E-state index contributed by atoms with van der Waals surface area (Å²) in [4.78, 5) is 31.3. The minimum Gasteiger partial charge on any atom is -0.497 e. The van der Waals surface area contributed by atoms with E-state index in [4.69, 9.17) is 18.9 Å². The Hall–Kier alpha value is -5.11. The lowest BCUT2D eigenvalue weighted by Crippen LogP contribution is -2.26. The second-order valence-corrected chi connectivity index (χ2v) is 10.2. The highest BCUT2D eigenvalue weighted by Crippen LogP contribution is 2.43. The number of hydrogen-bond acceptors (Lipinski definition) is 7. The van der Waals surface area contributed by atoms with Gasteiger partial charge in [-0.1, -0.05) is 55.5 Å². The van der Waals surface area contributed by atoms with Gasteiger partial charge in [-0.15, -0.1) is 0 Å². The number of ether oxygens (including phenoxy) is 4. The summed E-state index contributed by atoms with van der Waals surface area (Å²) >= 11 is 0. The van der Waals surface area contributed by atoms with E-state index in [0.29, 0.717) is 28.7 Å². The fourth-order valence-electron chi connectivity index (χ4n) is 5.38. The van der Waals surface area contributed by atoms with Crippen molar-refractivity contribution in [3.8, 4) is 23.0 Å². The number of aldehydes is 1. The maximum atomic E-state index is 13.9. The zero-order valence-corrected chi connectivity index (χ0v) is 24.6. The number of carbonyl (C=O) groups is 2. The van der Waals surface area contributed by atoms with Gasteiger partial charge in [0.25, 0.3) is 5.91 Å². The molecule has 2 atom stereocenters. The van der Waals surface area contributed by atoms with Crippen molar-refractivity contribution in [2.24, 2.45) is 5.92 Å². The van der Waals surface area contributed by atoms with Gasteiger partial charge in [0.05, 0.1) is 32.5 Å². The summed E-state index contributed by atoms with van der Waals surface area (Å²) in [5.74, 6) is 1.35. The Labute approximate surface area is 250 Å². The summed E-state index contributed by atoms with van der Waals surface area (Å²) in [7, 11) is 4.59. The number of methoxy groups -OCH3 is 3. The molecule has 0 spiro atoms. The highest BCUT2D eigenvalue weighted by Gasteiger charge is 2.31. The lowest BCUT2D eigenvalue weighted by Gasteiger charge is -2.29. The van der Waals surface area contributed by atoms with Crippen molar-refractivity contribution in [2.75, 3.05) is 21.3 Å². The maximum Gasteiger partial charge on any atom is 0.256 e. The van der Waals surface area contributed by atoms with E-state index in [1.165, 1.54) is 7.11 Å². The highest BCUT2D eigenvalue weighted by molar-refractivity contribution is 6.12. The first-order chi connectivity index (χ1) is 21.0. The maximum absolute atomic E-state index is 13.9. The van der Waals surface area contributed by atoms with E-state index in [0.717, 1.165) is 23.1 Å². The van der Waals surface area contributed by atoms with Crippen molar-refractivity contribution in [3.05, 3.63) is 113 Å². The number of hydrogen-bond donors (Lipinski definition) is 1. The number of carbonyl (C=O) groups excluding carboxylic acids is 2. The Kier molecular flexibility index (Phi) is 9.05. The summed E-state index contributed by atoms with van der Waals surface area (Å²) in [5.41, 5.74) is 3.27. The molecule has 0 saturated heterocycles. The predicted octanol–water partition coefficient (Wildman–Crippen LogP) is 6.65. The predicted molar refractivity (Wildman–Crippen MR) is 165 cm³/mol. The van der Waals surface area contributed by atoms with E-state index in [-0.39, 0.29) is 35.1 Å². The zero-order chi connectivity index (χ0) is 30.3. The van der Waals surface area contributed by atoms with Gasteiger partial charge >= 0.3 is 0 Å². The van der Waals surface area contributed by atoms with Crippen LogP contribution in [0, 0.1) is 5.92 Å². The van der Waals surface area contributed by atoms with E-state index in [1.54, 1.807) is 44.7 Å². The standard InChI is InChI=1S/C35H34N2O6/c1-22-11-8-9-14-26(22)32(23-12-6-5-7-13-23)43-34-28(21-38)30(33(42-4)27-15-10-18-36-31(27)34)35(39)37-20-24-16-17-25(40-2)19-29(24)41-3/h5-10,12-19,21-22,32H,11,20H2,1-4H3,(H,37,39). The molecule has 0 radical (unpaired) electrons. The lowest BCUT2D eigenvalue weighted by atomic mass is 9.86. The molecule has 3 aromatic carbocycles. The molecule has 1 N–H and O–H groups in total. The first-order valence-corrected chi connectivity index (χ1v) is 14.0. The van der Waals surface area contributed by atoms with Gasteiger partial charge in [-0.25, -0.2) is 0 Å². The number of amides is 1. The third-order valence-electron chi connectivity index (χ3n) is 7.62. The van der Waals surface area contributed by atoms with Crippen molar-refractivity contribution in [1.29, 1.82) is 0 Å². The summed E-state index contributed by atoms with van der Waals surface area (Å²) in [6.07, 6.45) is 8.81.